The van der Waals surface area contributed by atoms with Crippen LogP contribution in [-0.4, -0.2) is 11.8 Å². The van der Waals surface area contributed by atoms with Gasteiger partial charge >= 0.3 is 0 Å². The van der Waals surface area contributed by atoms with Crippen molar-refractivity contribution in [1.82, 2.24) is 0 Å². The maximum atomic E-state index is 11.7. The molecule has 1 fully saturated rings. The van der Waals surface area contributed by atoms with E-state index in [1.165, 1.54) is 18.4 Å². The normalized spacial score (nSPS) is 16.8. The lowest BCUT2D eigenvalue weighted by Gasteiger charge is -2.08. The molecule has 1 aromatic rings. The monoisotopic (exact) mass is 231 g/mol. The van der Waals surface area contributed by atoms with Crippen LogP contribution in [0.25, 0.3) is 0 Å². The van der Waals surface area contributed by atoms with E-state index in [2.05, 4.69) is 12.1 Å². The third-order valence-corrected chi connectivity index (χ3v) is 3.45. The van der Waals surface area contributed by atoms with Crippen molar-refractivity contribution in [2.75, 3.05) is 0 Å². The first-order chi connectivity index (χ1) is 8.25. The van der Waals surface area contributed by atoms with Gasteiger partial charge in [0.2, 0.25) is 0 Å². The molecule has 0 radical (unpaired) electrons. The van der Waals surface area contributed by atoms with Crippen LogP contribution in [0, 0.1) is 5.92 Å². The minimum Gasteiger partial charge on any atom is -0.327 e. The molecule has 17 heavy (non-hydrogen) atoms. The third-order valence-electron chi connectivity index (χ3n) is 3.45. The van der Waals surface area contributed by atoms with Crippen LogP contribution in [0.2, 0.25) is 0 Å². The smallest absolute Gasteiger partial charge is 0.134 e. The summed E-state index contributed by atoms with van der Waals surface area (Å²) in [7, 11) is 0. The largest absolute Gasteiger partial charge is 0.327 e. The van der Waals surface area contributed by atoms with Crippen molar-refractivity contribution in [2.45, 2.75) is 44.6 Å². The van der Waals surface area contributed by atoms with E-state index >= 15 is 0 Å². The van der Waals surface area contributed by atoms with Crippen LogP contribution < -0.4 is 5.73 Å². The fourth-order valence-electron chi connectivity index (χ4n) is 2.19. The van der Waals surface area contributed by atoms with E-state index in [-0.39, 0.29) is 6.04 Å². The van der Waals surface area contributed by atoms with E-state index in [1.54, 1.807) is 0 Å². The van der Waals surface area contributed by atoms with Gasteiger partial charge < -0.3 is 5.73 Å². The van der Waals surface area contributed by atoms with E-state index in [9.17, 15) is 4.79 Å². The SMILES string of the molecule is NC(CC(=O)CCCc1ccccc1)C1CC1. The summed E-state index contributed by atoms with van der Waals surface area (Å²) in [6.07, 6.45) is 5.64. The van der Waals surface area contributed by atoms with Crippen LogP contribution in [0.3, 0.4) is 0 Å². The number of rotatable bonds is 7. The van der Waals surface area contributed by atoms with Crippen LogP contribution >= 0.6 is 0 Å². The average molecular weight is 231 g/mol. The highest BCUT2D eigenvalue weighted by molar-refractivity contribution is 5.79. The van der Waals surface area contributed by atoms with Crippen LogP contribution in [0.1, 0.15) is 37.7 Å². The topological polar surface area (TPSA) is 43.1 Å². The van der Waals surface area contributed by atoms with Gasteiger partial charge in [0.25, 0.3) is 0 Å². The van der Waals surface area contributed by atoms with Gasteiger partial charge in [-0.15, -0.1) is 0 Å². The first kappa shape index (κ1) is 12.3. The minimum absolute atomic E-state index is 0.124. The molecule has 2 heteroatoms. The number of hydrogen-bond acceptors (Lipinski definition) is 2. The van der Waals surface area contributed by atoms with Crippen molar-refractivity contribution in [2.24, 2.45) is 11.7 Å². The zero-order chi connectivity index (χ0) is 12.1. The molecule has 0 spiro atoms. The molecule has 0 aromatic heterocycles. The second kappa shape index (κ2) is 5.97. The fraction of sp³-hybridized carbons (Fsp3) is 0.533. The zero-order valence-electron chi connectivity index (χ0n) is 10.3. The maximum Gasteiger partial charge on any atom is 0.134 e. The summed E-state index contributed by atoms with van der Waals surface area (Å²) in [5.74, 6) is 0.966. The Hall–Kier alpha value is -1.15. The lowest BCUT2D eigenvalue weighted by molar-refractivity contribution is -0.119. The molecule has 0 heterocycles. The molecule has 0 saturated heterocycles. The Labute approximate surface area is 103 Å². The van der Waals surface area contributed by atoms with Gasteiger partial charge in [-0.05, 0) is 37.2 Å². The molecule has 1 aliphatic rings. The summed E-state index contributed by atoms with van der Waals surface area (Å²) < 4.78 is 0. The first-order valence-corrected chi connectivity index (χ1v) is 6.57. The Morgan fingerprint density at radius 2 is 2.00 bits per heavy atom. The molecule has 0 aliphatic heterocycles. The molecular formula is C15H21NO. The number of benzene rings is 1. The molecule has 1 aliphatic carbocycles. The molecule has 92 valence electrons. The second-order valence-corrected chi connectivity index (χ2v) is 5.08. The lowest BCUT2D eigenvalue weighted by atomic mass is 10.0. The molecule has 1 unspecified atom stereocenters. The van der Waals surface area contributed by atoms with Crippen molar-refractivity contribution in [3.8, 4) is 0 Å². The number of ketones is 1. The van der Waals surface area contributed by atoms with E-state index in [0.717, 1.165) is 12.8 Å². The van der Waals surface area contributed by atoms with Crippen molar-refractivity contribution in [1.29, 1.82) is 0 Å². The van der Waals surface area contributed by atoms with E-state index in [0.29, 0.717) is 24.5 Å². The Kier molecular flexibility index (Phi) is 4.32. The molecule has 1 atom stereocenters. The number of hydrogen-bond donors (Lipinski definition) is 1. The molecule has 1 saturated carbocycles. The Morgan fingerprint density at radius 3 is 2.65 bits per heavy atom. The van der Waals surface area contributed by atoms with Crippen molar-refractivity contribution < 1.29 is 4.79 Å². The van der Waals surface area contributed by atoms with E-state index < -0.39 is 0 Å². The highest BCUT2D eigenvalue weighted by Gasteiger charge is 2.29. The lowest BCUT2D eigenvalue weighted by Crippen LogP contribution is -2.25. The van der Waals surface area contributed by atoms with Crippen molar-refractivity contribution in [3.63, 3.8) is 0 Å². The fourth-order valence-corrected chi connectivity index (χ4v) is 2.19. The Morgan fingerprint density at radius 1 is 1.29 bits per heavy atom. The van der Waals surface area contributed by atoms with Gasteiger partial charge in [0.05, 0.1) is 0 Å². The summed E-state index contributed by atoms with van der Waals surface area (Å²) in [5, 5.41) is 0. The summed E-state index contributed by atoms with van der Waals surface area (Å²) in [4.78, 5) is 11.7. The molecule has 2 rings (SSSR count). The summed E-state index contributed by atoms with van der Waals surface area (Å²) in [6, 6.07) is 10.4. The molecule has 1 aromatic carbocycles. The van der Waals surface area contributed by atoms with Crippen LogP contribution in [0.4, 0.5) is 0 Å². The minimum atomic E-state index is 0.124. The van der Waals surface area contributed by atoms with Gasteiger partial charge in [0.1, 0.15) is 5.78 Å². The zero-order valence-corrected chi connectivity index (χ0v) is 10.3. The summed E-state index contributed by atoms with van der Waals surface area (Å²) in [5.41, 5.74) is 7.25. The molecule has 2 nitrogen and oxygen atoms in total. The first-order valence-electron chi connectivity index (χ1n) is 6.57. The number of Topliss-reactive ketones (excluding diaryl/α,β-unsaturated/α-hetero) is 1. The van der Waals surface area contributed by atoms with Crippen LogP contribution in [-0.2, 0) is 11.2 Å². The molecule has 0 amide bonds. The molecular weight excluding hydrogens is 210 g/mol. The Balaban J connectivity index is 1.63. The van der Waals surface area contributed by atoms with Gasteiger partial charge in [-0.3, -0.25) is 4.79 Å². The number of aryl methyl sites for hydroxylation is 1. The van der Waals surface area contributed by atoms with Gasteiger partial charge in [-0.2, -0.15) is 0 Å². The predicted octanol–water partition coefficient (Wildman–Crippen LogP) is 2.71. The second-order valence-electron chi connectivity index (χ2n) is 5.08. The number of carbonyl (C=O) groups is 1. The number of carbonyl (C=O) groups excluding carboxylic acids is 1. The van der Waals surface area contributed by atoms with Gasteiger partial charge in [0, 0.05) is 18.9 Å². The van der Waals surface area contributed by atoms with Gasteiger partial charge in [-0.25, -0.2) is 0 Å². The Bertz CT molecular complexity index is 356. The molecule has 0 bridgehead atoms. The van der Waals surface area contributed by atoms with Crippen molar-refractivity contribution in [3.05, 3.63) is 35.9 Å². The van der Waals surface area contributed by atoms with Gasteiger partial charge in [-0.1, -0.05) is 30.3 Å². The average Bonchev–Trinajstić information content (AvgIpc) is 3.14. The molecule has 2 N–H and O–H groups in total. The van der Waals surface area contributed by atoms with E-state index in [1.807, 2.05) is 18.2 Å². The van der Waals surface area contributed by atoms with Crippen LogP contribution in [0.15, 0.2) is 30.3 Å². The van der Waals surface area contributed by atoms with Crippen molar-refractivity contribution >= 4 is 5.78 Å². The van der Waals surface area contributed by atoms with E-state index in [4.69, 9.17) is 5.73 Å². The summed E-state index contributed by atoms with van der Waals surface area (Å²) >= 11 is 0. The standard InChI is InChI=1S/C15H21NO/c16-15(13-9-10-13)11-14(17)8-4-7-12-5-2-1-3-6-12/h1-3,5-6,13,15H,4,7-11,16H2. The van der Waals surface area contributed by atoms with Crippen LogP contribution in [0.5, 0.6) is 0 Å². The predicted molar refractivity (Wildman–Crippen MR) is 69.7 cm³/mol. The summed E-state index contributed by atoms with van der Waals surface area (Å²) in [6.45, 7) is 0. The quantitative estimate of drug-likeness (QED) is 0.784. The third kappa shape index (κ3) is 4.31. The highest BCUT2D eigenvalue weighted by atomic mass is 16.1. The van der Waals surface area contributed by atoms with Gasteiger partial charge in [0.15, 0.2) is 0 Å². The number of nitrogens with two attached hydrogens (primary N) is 1. The highest BCUT2D eigenvalue weighted by Crippen LogP contribution is 2.33. The maximum absolute atomic E-state index is 11.7.